The average molecular weight is 272 g/mol. The molecule has 0 aliphatic carbocycles. The first-order valence-electron chi connectivity index (χ1n) is 6.62. The minimum Gasteiger partial charge on any atom is -0.323 e. The average Bonchev–Trinajstić information content (AvgIpc) is 2.86. The van der Waals surface area contributed by atoms with Gasteiger partial charge in [0.15, 0.2) is 0 Å². The molecule has 100 valence electrons. The first-order valence-corrected chi connectivity index (χ1v) is 6.62. The number of nitriles is 2. The third-order valence-corrected chi connectivity index (χ3v) is 3.39. The van der Waals surface area contributed by atoms with Crippen LogP contribution in [0.15, 0.2) is 48.5 Å². The van der Waals surface area contributed by atoms with Gasteiger partial charge in [-0.15, -0.1) is 0 Å². The summed E-state index contributed by atoms with van der Waals surface area (Å²) in [4.78, 5) is 4.52. The second-order valence-electron chi connectivity index (χ2n) is 4.75. The van der Waals surface area contributed by atoms with Crippen molar-refractivity contribution in [1.29, 1.82) is 10.5 Å². The minimum absolute atomic E-state index is 0.283. The van der Waals surface area contributed by atoms with Gasteiger partial charge in [-0.05, 0) is 29.8 Å². The van der Waals surface area contributed by atoms with Crippen molar-refractivity contribution in [2.24, 2.45) is 0 Å². The van der Waals surface area contributed by atoms with Crippen LogP contribution in [0.5, 0.6) is 0 Å². The highest BCUT2D eigenvalue weighted by molar-refractivity contribution is 5.76. The maximum Gasteiger partial charge on any atom is 0.124 e. The zero-order chi connectivity index (χ0) is 14.7. The minimum atomic E-state index is 0.283. The van der Waals surface area contributed by atoms with Crippen molar-refractivity contribution >= 4 is 11.0 Å². The van der Waals surface area contributed by atoms with E-state index in [1.54, 1.807) is 12.1 Å². The molecule has 0 aliphatic heterocycles. The fourth-order valence-electron chi connectivity index (χ4n) is 2.37. The van der Waals surface area contributed by atoms with Crippen LogP contribution in [-0.4, -0.2) is 9.55 Å². The number of benzene rings is 2. The summed E-state index contributed by atoms with van der Waals surface area (Å²) >= 11 is 0. The highest BCUT2D eigenvalue weighted by Crippen LogP contribution is 2.18. The lowest BCUT2D eigenvalue weighted by atomic mass is 10.1. The Hall–Kier alpha value is -3.11. The molecule has 0 N–H and O–H groups in total. The van der Waals surface area contributed by atoms with E-state index in [4.69, 9.17) is 10.5 Å². The number of para-hydroxylation sites is 2. The van der Waals surface area contributed by atoms with Gasteiger partial charge in [0.25, 0.3) is 0 Å². The summed E-state index contributed by atoms with van der Waals surface area (Å²) in [6, 6.07) is 19.6. The third kappa shape index (κ3) is 2.48. The Morgan fingerprint density at radius 3 is 2.48 bits per heavy atom. The van der Waals surface area contributed by atoms with Crippen LogP contribution >= 0.6 is 0 Å². The Morgan fingerprint density at radius 1 is 1.00 bits per heavy atom. The molecule has 3 rings (SSSR count). The SMILES string of the molecule is N#CCc1nc2ccccc2n1Cc1ccc(C#N)cc1. The number of fused-ring (bicyclic) bond motifs is 1. The number of nitrogens with zero attached hydrogens (tertiary/aromatic N) is 4. The topological polar surface area (TPSA) is 65.4 Å². The van der Waals surface area contributed by atoms with E-state index in [1.165, 1.54) is 0 Å². The summed E-state index contributed by atoms with van der Waals surface area (Å²) in [5.41, 5.74) is 3.64. The second kappa shape index (κ2) is 5.48. The monoisotopic (exact) mass is 272 g/mol. The molecule has 1 aromatic heterocycles. The molecule has 0 unspecified atom stereocenters. The zero-order valence-electron chi connectivity index (χ0n) is 11.3. The Morgan fingerprint density at radius 2 is 1.76 bits per heavy atom. The molecular weight excluding hydrogens is 260 g/mol. The van der Waals surface area contributed by atoms with Crippen molar-refractivity contribution in [3.05, 3.63) is 65.5 Å². The molecule has 0 atom stereocenters. The van der Waals surface area contributed by atoms with E-state index >= 15 is 0 Å². The van der Waals surface area contributed by atoms with Gasteiger partial charge in [0, 0.05) is 6.54 Å². The molecule has 0 amide bonds. The van der Waals surface area contributed by atoms with Gasteiger partial charge in [-0.1, -0.05) is 24.3 Å². The van der Waals surface area contributed by atoms with Crippen LogP contribution in [0.2, 0.25) is 0 Å². The molecule has 0 saturated carbocycles. The predicted octanol–water partition coefficient (Wildman–Crippen LogP) is 3.02. The van der Waals surface area contributed by atoms with Crippen LogP contribution in [-0.2, 0) is 13.0 Å². The molecule has 0 saturated heterocycles. The van der Waals surface area contributed by atoms with Crippen molar-refractivity contribution in [3.63, 3.8) is 0 Å². The van der Waals surface area contributed by atoms with E-state index in [2.05, 4.69) is 21.7 Å². The lowest BCUT2D eigenvalue weighted by molar-refractivity contribution is 0.769. The van der Waals surface area contributed by atoms with Gasteiger partial charge in [-0.3, -0.25) is 0 Å². The molecule has 4 nitrogen and oxygen atoms in total. The molecule has 0 spiro atoms. The van der Waals surface area contributed by atoms with Crippen LogP contribution in [0.25, 0.3) is 11.0 Å². The molecular formula is C17H12N4. The first kappa shape index (κ1) is 12.9. The van der Waals surface area contributed by atoms with Gasteiger partial charge in [0.1, 0.15) is 5.82 Å². The van der Waals surface area contributed by atoms with Gasteiger partial charge in [0.2, 0.25) is 0 Å². The highest BCUT2D eigenvalue weighted by Gasteiger charge is 2.10. The molecule has 4 heteroatoms. The van der Waals surface area contributed by atoms with E-state index in [-0.39, 0.29) is 6.42 Å². The van der Waals surface area contributed by atoms with Gasteiger partial charge in [0.05, 0.1) is 35.2 Å². The van der Waals surface area contributed by atoms with Gasteiger partial charge in [-0.25, -0.2) is 4.98 Å². The van der Waals surface area contributed by atoms with Crippen LogP contribution < -0.4 is 0 Å². The number of hydrogen-bond donors (Lipinski definition) is 0. The van der Waals surface area contributed by atoms with E-state index < -0.39 is 0 Å². The number of rotatable bonds is 3. The number of imidazole rings is 1. The summed E-state index contributed by atoms with van der Waals surface area (Å²) in [7, 11) is 0. The van der Waals surface area contributed by atoms with Crippen molar-refractivity contribution in [3.8, 4) is 12.1 Å². The van der Waals surface area contributed by atoms with Gasteiger partial charge in [-0.2, -0.15) is 10.5 Å². The van der Waals surface area contributed by atoms with E-state index in [1.807, 2.05) is 36.4 Å². The Balaban J connectivity index is 2.04. The van der Waals surface area contributed by atoms with Crippen LogP contribution in [0.3, 0.4) is 0 Å². The van der Waals surface area contributed by atoms with Crippen LogP contribution in [0.4, 0.5) is 0 Å². The maximum atomic E-state index is 8.96. The largest absolute Gasteiger partial charge is 0.323 e. The lowest BCUT2D eigenvalue weighted by Gasteiger charge is -2.08. The molecule has 2 aromatic carbocycles. The smallest absolute Gasteiger partial charge is 0.124 e. The summed E-state index contributed by atoms with van der Waals surface area (Å²) < 4.78 is 2.06. The molecule has 0 bridgehead atoms. The Bertz CT molecular complexity index is 860. The van der Waals surface area contributed by atoms with Crippen LogP contribution in [0.1, 0.15) is 17.0 Å². The molecule has 0 aliphatic rings. The molecule has 21 heavy (non-hydrogen) atoms. The Labute approximate surface area is 122 Å². The predicted molar refractivity (Wildman–Crippen MR) is 79.3 cm³/mol. The fraction of sp³-hybridized carbons (Fsp3) is 0.118. The van der Waals surface area contributed by atoms with Gasteiger partial charge < -0.3 is 4.57 Å². The quantitative estimate of drug-likeness (QED) is 0.736. The number of aromatic nitrogens is 2. The van der Waals surface area contributed by atoms with Gasteiger partial charge >= 0.3 is 0 Å². The normalized spacial score (nSPS) is 10.2. The maximum absolute atomic E-state index is 8.96. The second-order valence-corrected chi connectivity index (χ2v) is 4.75. The lowest BCUT2D eigenvalue weighted by Crippen LogP contribution is -2.04. The summed E-state index contributed by atoms with van der Waals surface area (Å²) in [5, 5.41) is 17.8. The van der Waals surface area contributed by atoms with Crippen molar-refractivity contribution in [1.82, 2.24) is 9.55 Å². The number of hydrogen-bond acceptors (Lipinski definition) is 3. The Kier molecular flexibility index (Phi) is 3.37. The summed E-state index contributed by atoms with van der Waals surface area (Å²) in [6.07, 6.45) is 0.283. The van der Waals surface area contributed by atoms with E-state index in [0.29, 0.717) is 12.1 Å². The summed E-state index contributed by atoms with van der Waals surface area (Å²) in [6.45, 7) is 0.642. The van der Waals surface area contributed by atoms with Crippen LogP contribution in [0, 0.1) is 22.7 Å². The summed E-state index contributed by atoms with van der Waals surface area (Å²) in [5.74, 6) is 0.767. The standard InChI is InChI=1S/C17H12N4/c18-10-9-17-20-15-3-1-2-4-16(15)21(17)12-14-7-5-13(11-19)6-8-14/h1-8H,9,12H2. The zero-order valence-corrected chi connectivity index (χ0v) is 11.3. The fourth-order valence-corrected chi connectivity index (χ4v) is 2.37. The molecule has 3 aromatic rings. The van der Waals surface area contributed by atoms with Crippen molar-refractivity contribution in [2.75, 3.05) is 0 Å². The molecule has 0 fully saturated rings. The van der Waals surface area contributed by atoms with Crippen molar-refractivity contribution < 1.29 is 0 Å². The van der Waals surface area contributed by atoms with Crippen molar-refractivity contribution in [2.45, 2.75) is 13.0 Å². The highest BCUT2D eigenvalue weighted by atomic mass is 15.1. The van der Waals surface area contributed by atoms with E-state index in [9.17, 15) is 0 Å². The molecule has 0 radical (unpaired) electrons. The molecule has 1 heterocycles. The van der Waals surface area contributed by atoms with E-state index in [0.717, 1.165) is 22.4 Å². The third-order valence-electron chi connectivity index (χ3n) is 3.39. The first-order chi connectivity index (χ1) is 10.3.